The molecule has 1 aliphatic heterocycles. The smallest absolute Gasteiger partial charge is 0.239 e. The maximum Gasteiger partial charge on any atom is 0.239 e. The first-order valence-corrected chi connectivity index (χ1v) is 8.07. The van der Waals surface area contributed by atoms with E-state index in [0.29, 0.717) is 18.1 Å². The van der Waals surface area contributed by atoms with Gasteiger partial charge >= 0.3 is 0 Å². The Morgan fingerprint density at radius 1 is 1.36 bits per heavy atom. The molecule has 0 N–H and O–H groups in total. The molecule has 6 nitrogen and oxygen atoms in total. The number of nitrogens with zero attached hydrogens (tertiary/aromatic N) is 4. The van der Waals surface area contributed by atoms with Crippen LogP contribution in [0.1, 0.15) is 18.4 Å². The molecule has 0 atom stereocenters. The van der Waals surface area contributed by atoms with Crippen LogP contribution in [-0.2, 0) is 9.59 Å². The number of carbonyl (C=O) groups excluding carboxylic acids is 2. The highest BCUT2D eigenvalue weighted by Gasteiger charge is 2.26. The van der Waals surface area contributed by atoms with Crippen molar-refractivity contribution in [1.82, 2.24) is 19.7 Å². The molecule has 2 aromatic rings. The molecule has 0 bridgehead atoms. The van der Waals surface area contributed by atoms with Gasteiger partial charge in [-0.15, -0.1) is 10.2 Å². The van der Waals surface area contributed by atoms with Crippen LogP contribution in [0.15, 0.2) is 35.7 Å². The third-order valence-electron chi connectivity index (χ3n) is 3.59. The molecule has 1 aromatic heterocycles. The number of benzene rings is 1. The Labute approximate surface area is 132 Å². The first-order chi connectivity index (χ1) is 10.7. The lowest BCUT2D eigenvalue weighted by atomic mass is 10.2. The molecule has 1 saturated heterocycles. The van der Waals surface area contributed by atoms with Gasteiger partial charge in [-0.1, -0.05) is 30.0 Å². The van der Waals surface area contributed by atoms with Crippen molar-refractivity contribution in [3.05, 3.63) is 36.2 Å². The Morgan fingerprint density at radius 3 is 2.91 bits per heavy atom. The van der Waals surface area contributed by atoms with E-state index in [1.165, 1.54) is 16.7 Å². The van der Waals surface area contributed by atoms with E-state index < -0.39 is 0 Å². The van der Waals surface area contributed by atoms with Crippen LogP contribution in [-0.4, -0.2) is 43.8 Å². The molecular weight excluding hydrogens is 300 g/mol. The fourth-order valence-corrected chi connectivity index (χ4v) is 3.24. The summed E-state index contributed by atoms with van der Waals surface area (Å²) in [5, 5.41) is 8.65. The summed E-state index contributed by atoms with van der Waals surface area (Å²) in [4.78, 5) is 25.0. The van der Waals surface area contributed by atoms with Crippen molar-refractivity contribution in [2.75, 3.05) is 12.3 Å². The summed E-state index contributed by atoms with van der Waals surface area (Å²) in [5.41, 5.74) is 2.09. The van der Waals surface area contributed by atoms with Crippen molar-refractivity contribution in [1.29, 1.82) is 0 Å². The fourth-order valence-electron chi connectivity index (χ4n) is 2.44. The number of aromatic nitrogens is 3. The molecular formula is C15H16N4O2S. The number of para-hydroxylation sites is 1. The second-order valence-corrected chi connectivity index (χ2v) is 6.04. The zero-order valence-corrected chi connectivity index (χ0v) is 13.0. The van der Waals surface area contributed by atoms with Crippen LogP contribution >= 0.6 is 11.8 Å². The zero-order valence-electron chi connectivity index (χ0n) is 12.2. The zero-order chi connectivity index (χ0) is 15.5. The van der Waals surface area contributed by atoms with E-state index in [2.05, 4.69) is 10.2 Å². The molecule has 1 fully saturated rings. The van der Waals surface area contributed by atoms with Crippen LogP contribution in [0.2, 0.25) is 0 Å². The third kappa shape index (κ3) is 2.89. The number of rotatable bonds is 4. The van der Waals surface area contributed by atoms with Crippen LogP contribution in [0, 0.1) is 6.92 Å². The third-order valence-corrected chi connectivity index (χ3v) is 4.52. The highest BCUT2D eigenvalue weighted by atomic mass is 32.2. The number of thioether (sulfide) groups is 1. The van der Waals surface area contributed by atoms with Crippen molar-refractivity contribution in [3.8, 4) is 5.69 Å². The van der Waals surface area contributed by atoms with Gasteiger partial charge in [0, 0.05) is 13.0 Å². The molecule has 0 aliphatic carbocycles. The maximum absolute atomic E-state index is 12.1. The van der Waals surface area contributed by atoms with Gasteiger partial charge in [0.15, 0.2) is 5.16 Å². The van der Waals surface area contributed by atoms with Crippen LogP contribution in [0.25, 0.3) is 5.69 Å². The van der Waals surface area contributed by atoms with Crippen molar-refractivity contribution in [2.24, 2.45) is 0 Å². The van der Waals surface area contributed by atoms with Gasteiger partial charge in [0.2, 0.25) is 11.8 Å². The predicted molar refractivity (Wildman–Crippen MR) is 82.8 cm³/mol. The van der Waals surface area contributed by atoms with Gasteiger partial charge in [0.05, 0.1) is 11.4 Å². The molecule has 0 saturated carbocycles. The van der Waals surface area contributed by atoms with Gasteiger partial charge in [-0.2, -0.15) is 0 Å². The highest BCUT2D eigenvalue weighted by Crippen LogP contribution is 2.22. The lowest BCUT2D eigenvalue weighted by Crippen LogP contribution is -2.33. The molecule has 2 heterocycles. The number of likely N-dealkylation sites (tertiary alicyclic amines) is 1. The second kappa shape index (κ2) is 6.31. The van der Waals surface area contributed by atoms with E-state index >= 15 is 0 Å². The fraction of sp³-hybridized carbons (Fsp3) is 0.333. The SMILES string of the molecule is Cc1ccccc1-n1cnnc1SCC(=O)N1CCCC1=O. The Kier molecular flexibility index (Phi) is 4.24. The number of aryl methyl sites for hydroxylation is 1. The number of imide groups is 1. The lowest BCUT2D eigenvalue weighted by Gasteiger charge is -2.13. The Morgan fingerprint density at radius 2 is 2.18 bits per heavy atom. The highest BCUT2D eigenvalue weighted by molar-refractivity contribution is 7.99. The molecule has 1 aromatic carbocycles. The molecule has 2 amide bonds. The molecule has 1 aliphatic rings. The standard InChI is InChI=1S/C15H16N4O2S/c1-11-5-2-3-6-12(11)19-10-16-17-15(19)22-9-14(21)18-8-4-7-13(18)20/h2-3,5-6,10H,4,7-9H2,1H3. The summed E-state index contributed by atoms with van der Waals surface area (Å²) in [5.74, 6) is -0.0474. The molecule has 22 heavy (non-hydrogen) atoms. The average molecular weight is 316 g/mol. The van der Waals surface area contributed by atoms with Crippen molar-refractivity contribution < 1.29 is 9.59 Å². The summed E-state index contributed by atoms with van der Waals surface area (Å²) >= 11 is 1.30. The molecule has 0 radical (unpaired) electrons. The van der Waals surface area contributed by atoms with E-state index in [1.54, 1.807) is 6.33 Å². The maximum atomic E-state index is 12.1. The normalized spacial score (nSPS) is 14.6. The summed E-state index contributed by atoms with van der Waals surface area (Å²) < 4.78 is 1.86. The molecule has 3 rings (SSSR count). The number of carbonyl (C=O) groups is 2. The Balaban J connectivity index is 1.72. The summed E-state index contributed by atoms with van der Waals surface area (Å²) in [6.07, 6.45) is 2.86. The molecule has 7 heteroatoms. The number of amides is 2. The van der Waals surface area contributed by atoms with E-state index in [0.717, 1.165) is 17.7 Å². The van der Waals surface area contributed by atoms with Crippen molar-refractivity contribution >= 4 is 23.6 Å². The van der Waals surface area contributed by atoms with Gasteiger partial charge < -0.3 is 0 Å². The van der Waals surface area contributed by atoms with Crippen LogP contribution in [0.4, 0.5) is 0 Å². The summed E-state index contributed by atoms with van der Waals surface area (Å²) in [6, 6.07) is 7.91. The quantitative estimate of drug-likeness (QED) is 0.805. The van der Waals surface area contributed by atoms with Crippen molar-refractivity contribution in [2.45, 2.75) is 24.9 Å². The first kappa shape index (κ1) is 14.8. The van der Waals surface area contributed by atoms with Crippen molar-refractivity contribution in [3.63, 3.8) is 0 Å². The van der Waals surface area contributed by atoms with Gasteiger partial charge in [0.25, 0.3) is 0 Å². The molecule has 0 unspecified atom stereocenters. The minimum atomic E-state index is -0.160. The molecule has 114 valence electrons. The predicted octanol–water partition coefficient (Wildman–Crippen LogP) is 1.82. The van der Waals surface area contributed by atoms with E-state index in [-0.39, 0.29) is 17.6 Å². The summed E-state index contributed by atoms with van der Waals surface area (Å²) in [7, 11) is 0. The Hall–Kier alpha value is -2.15. The minimum Gasteiger partial charge on any atom is -0.282 e. The number of hydrogen-bond acceptors (Lipinski definition) is 5. The molecule has 0 spiro atoms. The van der Waals surface area contributed by atoms with Gasteiger partial charge in [-0.3, -0.25) is 19.1 Å². The van der Waals surface area contributed by atoms with E-state index in [1.807, 2.05) is 35.8 Å². The summed E-state index contributed by atoms with van der Waals surface area (Å²) in [6.45, 7) is 2.54. The largest absolute Gasteiger partial charge is 0.282 e. The van der Waals surface area contributed by atoms with Crippen LogP contribution < -0.4 is 0 Å². The van der Waals surface area contributed by atoms with Gasteiger partial charge in [-0.05, 0) is 25.0 Å². The number of hydrogen-bond donors (Lipinski definition) is 0. The lowest BCUT2D eigenvalue weighted by molar-refractivity contribution is -0.140. The average Bonchev–Trinajstić information content (AvgIpc) is 3.14. The van der Waals surface area contributed by atoms with E-state index in [4.69, 9.17) is 0 Å². The van der Waals surface area contributed by atoms with Crippen LogP contribution in [0.3, 0.4) is 0 Å². The minimum absolute atomic E-state index is 0.0778. The monoisotopic (exact) mass is 316 g/mol. The second-order valence-electron chi connectivity index (χ2n) is 5.10. The van der Waals surface area contributed by atoms with Crippen LogP contribution in [0.5, 0.6) is 0 Å². The van der Waals surface area contributed by atoms with E-state index in [9.17, 15) is 9.59 Å². The van der Waals surface area contributed by atoms with Gasteiger partial charge in [-0.25, -0.2) is 0 Å². The van der Waals surface area contributed by atoms with Gasteiger partial charge in [0.1, 0.15) is 6.33 Å². The topological polar surface area (TPSA) is 68.1 Å². The first-order valence-electron chi connectivity index (χ1n) is 7.09. The Bertz CT molecular complexity index is 713.